The van der Waals surface area contributed by atoms with Gasteiger partial charge in [-0.05, 0) is 12.1 Å². The van der Waals surface area contributed by atoms with Gasteiger partial charge in [0, 0.05) is 6.20 Å². The van der Waals surface area contributed by atoms with Crippen LogP contribution >= 0.6 is 0 Å². The molecule has 70 valence electrons. The summed E-state index contributed by atoms with van der Waals surface area (Å²) >= 11 is 0. The normalized spacial score (nSPS) is 10.0. The number of hydrogen-bond acceptors (Lipinski definition) is 5. The maximum atomic E-state index is 10.5. The summed E-state index contributed by atoms with van der Waals surface area (Å²) in [6.45, 7) is 0. The van der Waals surface area contributed by atoms with Crippen LogP contribution in [0.3, 0.4) is 0 Å². The van der Waals surface area contributed by atoms with Crippen molar-refractivity contribution in [3.8, 4) is 5.82 Å². The average molecular weight is 191 g/mol. The molecule has 1 N–H and O–H groups in total. The molecule has 2 heterocycles. The van der Waals surface area contributed by atoms with Crippen LogP contribution in [-0.2, 0) is 0 Å². The number of nitrogens with zero attached hydrogens (tertiary/aromatic N) is 5. The predicted octanol–water partition coefficient (Wildman–Crippen LogP) is -0.245. The fraction of sp³-hybridized carbons (Fsp3) is 0. The lowest BCUT2D eigenvalue weighted by atomic mass is 10.5. The highest BCUT2D eigenvalue weighted by Gasteiger charge is 2.09. The van der Waals surface area contributed by atoms with E-state index in [2.05, 4.69) is 20.5 Å². The Morgan fingerprint density at radius 3 is 2.86 bits per heavy atom. The number of hydrogen-bond donors (Lipinski definition) is 1. The summed E-state index contributed by atoms with van der Waals surface area (Å²) in [6, 6.07) is 3.32. The molecular weight excluding hydrogens is 186 g/mol. The molecule has 0 amide bonds. The maximum Gasteiger partial charge on any atom is 0.358 e. The predicted molar refractivity (Wildman–Crippen MR) is 43.9 cm³/mol. The van der Waals surface area contributed by atoms with E-state index in [9.17, 15) is 4.79 Å². The average Bonchev–Trinajstić information content (AvgIpc) is 2.68. The highest BCUT2D eigenvalue weighted by atomic mass is 16.4. The first-order valence-corrected chi connectivity index (χ1v) is 3.71. The summed E-state index contributed by atoms with van der Waals surface area (Å²) in [7, 11) is 0. The molecule has 0 bridgehead atoms. The molecule has 0 radical (unpaired) electrons. The van der Waals surface area contributed by atoms with Gasteiger partial charge in [-0.2, -0.15) is 9.78 Å². The van der Waals surface area contributed by atoms with Crippen LogP contribution < -0.4 is 0 Å². The van der Waals surface area contributed by atoms with Crippen LogP contribution in [0.1, 0.15) is 10.5 Å². The highest BCUT2D eigenvalue weighted by molar-refractivity contribution is 5.84. The van der Waals surface area contributed by atoms with Gasteiger partial charge in [-0.25, -0.2) is 4.79 Å². The van der Waals surface area contributed by atoms with Crippen molar-refractivity contribution in [2.75, 3.05) is 0 Å². The molecule has 0 spiro atoms. The third-order valence-electron chi connectivity index (χ3n) is 1.51. The molecule has 0 saturated carbocycles. The molecule has 0 aliphatic heterocycles. The second-order valence-corrected chi connectivity index (χ2v) is 2.44. The van der Waals surface area contributed by atoms with Crippen LogP contribution in [0.4, 0.5) is 0 Å². The number of carboxylic acids is 1. The molecule has 2 aromatic heterocycles. The van der Waals surface area contributed by atoms with Crippen molar-refractivity contribution in [3.05, 3.63) is 30.2 Å². The summed E-state index contributed by atoms with van der Waals surface area (Å²) in [6.07, 6.45) is 2.78. The van der Waals surface area contributed by atoms with E-state index in [-0.39, 0.29) is 5.69 Å². The lowest BCUT2D eigenvalue weighted by molar-refractivity contribution is 0.0690. The van der Waals surface area contributed by atoms with Gasteiger partial charge in [-0.3, -0.25) is 0 Å². The minimum Gasteiger partial charge on any atom is -0.476 e. The van der Waals surface area contributed by atoms with E-state index in [1.165, 1.54) is 17.1 Å². The van der Waals surface area contributed by atoms with E-state index in [1.807, 2.05) is 0 Å². The number of carbonyl (C=O) groups is 1. The van der Waals surface area contributed by atoms with Crippen LogP contribution in [0, 0.1) is 0 Å². The van der Waals surface area contributed by atoms with Gasteiger partial charge in [-0.1, -0.05) is 5.21 Å². The van der Waals surface area contributed by atoms with Crippen molar-refractivity contribution >= 4 is 5.97 Å². The standard InChI is InChI=1S/C7H5N5O2/c13-7(14)5-4-12(11-9-5)6-2-1-3-8-10-6/h1-4H,(H,13,14). The molecule has 7 heteroatoms. The van der Waals surface area contributed by atoms with Gasteiger partial charge in [-0.15, -0.1) is 10.2 Å². The maximum absolute atomic E-state index is 10.5. The SMILES string of the molecule is O=C(O)c1cn(-c2cccnn2)nn1. The van der Waals surface area contributed by atoms with Crippen molar-refractivity contribution in [3.63, 3.8) is 0 Å². The molecule has 0 fully saturated rings. The Morgan fingerprint density at radius 2 is 2.29 bits per heavy atom. The molecule has 2 aromatic rings. The lowest BCUT2D eigenvalue weighted by Gasteiger charge is -1.93. The first-order chi connectivity index (χ1) is 6.77. The molecule has 0 aromatic carbocycles. The second kappa shape index (κ2) is 3.21. The van der Waals surface area contributed by atoms with Gasteiger partial charge in [0.05, 0.1) is 6.20 Å². The Bertz CT molecular complexity index is 452. The Balaban J connectivity index is 2.39. The summed E-state index contributed by atoms with van der Waals surface area (Å²) in [5.41, 5.74) is -0.129. The summed E-state index contributed by atoms with van der Waals surface area (Å²) < 4.78 is 1.25. The van der Waals surface area contributed by atoms with E-state index in [1.54, 1.807) is 12.1 Å². The Kier molecular flexibility index (Phi) is 1.90. The van der Waals surface area contributed by atoms with Gasteiger partial charge in [0.1, 0.15) is 0 Å². The molecule has 14 heavy (non-hydrogen) atoms. The number of aromatic carboxylic acids is 1. The Morgan fingerprint density at radius 1 is 1.43 bits per heavy atom. The monoisotopic (exact) mass is 191 g/mol. The quantitative estimate of drug-likeness (QED) is 0.703. The molecule has 0 atom stereocenters. The van der Waals surface area contributed by atoms with Crippen LogP contribution in [-0.4, -0.2) is 36.3 Å². The number of rotatable bonds is 2. The number of carboxylic acid groups (broad SMARTS) is 1. The molecule has 7 nitrogen and oxygen atoms in total. The first-order valence-electron chi connectivity index (χ1n) is 3.71. The lowest BCUT2D eigenvalue weighted by Crippen LogP contribution is -1.99. The minimum atomic E-state index is -1.12. The third kappa shape index (κ3) is 1.42. The van der Waals surface area contributed by atoms with Crippen molar-refractivity contribution in [1.29, 1.82) is 0 Å². The van der Waals surface area contributed by atoms with Crippen molar-refractivity contribution < 1.29 is 9.90 Å². The second-order valence-electron chi connectivity index (χ2n) is 2.44. The highest BCUT2D eigenvalue weighted by Crippen LogP contribution is 2.00. The van der Waals surface area contributed by atoms with Crippen molar-refractivity contribution in [2.24, 2.45) is 0 Å². The van der Waals surface area contributed by atoms with Gasteiger partial charge in [0.25, 0.3) is 0 Å². The summed E-state index contributed by atoms with van der Waals surface area (Å²) in [5.74, 6) is -0.701. The van der Waals surface area contributed by atoms with Crippen molar-refractivity contribution in [2.45, 2.75) is 0 Å². The fourth-order valence-electron chi connectivity index (χ4n) is 0.889. The van der Waals surface area contributed by atoms with Crippen LogP contribution in [0.2, 0.25) is 0 Å². The molecule has 0 aliphatic rings. The Hall–Kier alpha value is -2.31. The molecule has 0 aliphatic carbocycles. The van der Waals surface area contributed by atoms with Gasteiger partial charge in [0.2, 0.25) is 0 Å². The van der Waals surface area contributed by atoms with Gasteiger partial charge >= 0.3 is 5.97 Å². The van der Waals surface area contributed by atoms with Crippen LogP contribution in [0.5, 0.6) is 0 Å². The van der Waals surface area contributed by atoms with Crippen LogP contribution in [0.25, 0.3) is 5.82 Å². The van der Waals surface area contributed by atoms with Crippen molar-refractivity contribution in [1.82, 2.24) is 25.2 Å². The van der Waals surface area contributed by atoms with E-state index in [0.717, 1.165) is 0 Å². The smallest absolute Gasteiger partial charge is 0.358 e. The zero-order valence-corrected chi connectivity index (χ0v) is 6.90. The van der Waals surface area contributed by atoms with Crippen LogP contribution in [0.15, 0.2) is 24.5 Å². The van der Waals surface area contributed by atoms with E-state index < -0.39 is 5.97 Å². The molecule has 2 rings (SSSR count). The fourth-order valence-corrected chi connectivity index (χ4v) is 0.889. The minimum absolute atomic E-state index is 0.129. The first kappa shape index (κ1) is 8.30. The third-order valence-corrected chi connectivity index (χ3v) is 1.51. The summed E-state index contributed by atoms with van der Waals surface area (Å²) in [4.78, 5) is 10.5. The molecule has 0 saturated heterocycles. The topological polar surface area (TPSA) is 93.8 Å². The Labute approximate surface area is 78.0 Å². The summed E-state index contributed by atoms with van der Waals surface area (Å²) in [5, 5.41) is 23.0. The molecular formula is C7H5N5O2. The zero-order chi connectivity index (χ0) is 9.97. The number of aromatic nitrogens is 5. The zero-order valence-electron chi connectivity index (χ0n) is 6.90. The van der Waals surface area contributed by atoms with E-state index >= 15 is 0 Å². The van der Waals surface area contributed by atoms with Gasteiger partial charge in [0.15, 0.2) is 11.5 Å². The van der Waals surface area contributed by atoms with E-state index in [4.69, 9.17) is 5.11 Å². The van der Waals surface area contributed by atoms with E-state index in [0.29, 0.717) is 5.82 Å². The largest absolute Gasteiger partial charge is 0.476 e. The van der Waals surface area contributed by atoms with Gasteiger partial charge < -0.3 is 5.11 Å². The molecule has 0 unspecified atom stereocenters.